The Morgan fingerprint density at radius 3 is 2.21 bits per heavy atom. The van der Waals surface area contributed by atoms with E-state index in [4.69, 9.17) is 14.2 Å². The van der Waals surface area contributed by atoms with Crippen LogP contribution in [0.4, 0.5) is 0 Å². The van der Waals surface area contributed by atoms with Crippen molar-refractivity contribution in [2.75, 3.05) is 21.3 Å². The monoisotopic (exact) mass is 398 g/mol. The number of hydrogen-bond donors (Lipinski definition) is 2. The predicted molar refractivity (Wildman–Crippen MR) is 113 cm³/mol. The van der Waals surface area contributed by atoms with E-state index in [0.717, 1.165) is 38.3 Å². The van der Waals surface area contributed by atoms with E-state index in [1.165, 1.54) is 0 Å². The van der Waals surface area contributed by atoms with Crippen molar-refractivity contribution in [3.63, 3.8) is 0 Å². The molecular formula is C22H22O5S. The lowest BCUT2D eigenvalue weighted by molar-refractivity contribution is -0.135. The second kappa shape index (κ2) is 8.02. The van der Waals surface area contributed by atoms with Crippen LogP contribution in [0.15, 0.2) is 40.8 Å². The van der Waals surface area contributed by atoms with Gasteiger partial charge in [-0.3, -0.25) is 4.79 Å². The zero-order valence-corrected chi connectivity index (χ0v) is 17.1. The molecule has 28 heavy (non-hydrogen) atoms. The molecule has 2 aromatic carbocycles. The van der Waals surface area contributed by atoms with Gasteiger partial charge >= 0.3 is 5.97 Å². The fourth-order valence-electron chi connectivity index (χ4n) is 3.50. The lowest BCUT2D eigenvalue weighted by Crippen LogP contribution is -1.96. The highest BCUT2D eigenvalue weighted by atomic mass is 32.1. The van der Waals surface area contributed by atoms with Gasteiger partial charge in [-0.25, -0.2) is 0 Å². The Kier molecular flexibility index (Phi) is 5.70. The molecule has 0 amide bonds. The van der Waals surface area contributed by atoms with Crippen LogP contribution < -0.4 is 14.2 Å². The zero-order chi connectivity index (χ0) is 20.4. The minimum atomic E-state index is -0.857. The first kappa shape index (κ1) is 19.9. The zero-order valence-electron chi connectivity index (χ0n) is 16.2. The van der Waals surface area contributed by atoms with E-state index in [-0.39, 0.29) is 6.42 Å². The molecule has 0 aromatic heterocycles. The van der Waals surface area contributed by atoms with E-state index >= 15 is 0 Å². The Morgan fingerprint density at radius 1 is 1.04 bits per heavy atom. The average molecular weight is 398 g/mol. The summed E-state index contributed by atoms with van der Waals surface area (Å²) < 4.78 is 16.3. The first-order valence-electron chi connectivity index (χ1n) is 8.67. The summed E-state index contributed by atoms with van der Waals surface area (Å²) >= 11 is 4.45. The number of carboxylic acid groups (broad SMARTS) is 1. The first-order valence-corrected chi connectivity index (χ1v) is 9.11. The third kappa shape index (κ3) is 3.60. The Morgan fingerprint density at radius 2 is 1.68 bits per heavy atom. The fraction of sp³-hybridized carbons (Fsp3) is 0.227. The van der Waals surface area contributed by atoms with Gasteiger partial charge in [-0.1, -0.05) is 6.07 Å². The van der Waals surface area contributed by atoms with Crippen LogP contribution in [-0.4, -0.2) is 32.4 Å². The van der Waals surface area contributed by atoms with Crippen molar-refractivity contribution in [2.45, 2.75) is 18.2 Å². The van der Waals surface area contributed by atoms with Gasteiger partial charge in [0.1, 0.15) is 0 Å². The van der Waals surface area contributed by atoms with Crippen molar-refractivity contribution in [3.8, 4) is 17.2 Å². The molecule has 3 rings (SSSR count). The number of aliphatic carboxylic acids is 1. The summed E-state index contributed by atoms with van der Waals surface area (Å²) in [6, 6.07) is 9.48. The molecule has 0 saturated carbocycles. The highest BCUT2D eigenvalue weighted by Crippen LogP contribution is 2.45. The maximum Gasteiger partial charge on any atom is 0.307 e. The SMILES string of the molecule is COc1cc(C=C2C(C)=C(CC(=O)O)c3ccc(S)cc32)cc(OC)c1OC. The molecular weight excluding hydrogens is 376 g/mol. The molecule has 1 N–H and O–H groups in total. The number of thiol groups is 1. The number of fused-ring (bicyclic) bond motifs is 1. The molecule has 0 heterocycles. The number of benzene rings is 2. The summed E-state index contributed by atoms with van der Waals surface area (Å²) in [5.74, 6) is 0.782. The molecule has 2 aromatic rings. The number of methoxy groups -OCH3 is 3. The molecule has 0 aliphatic heterocycles. The van der Waals surface area contributed by atoms with Gasteiger partial charge in [-0.2, -0.15) is 0 Å². The van der Waals surface area contributed by atoms with Gasteiger partial charge in [0.25, 0.3) is 0 Å². The minimum Gasteiger partial charge on any atom is -0.493 e. The molecule has 0 spiro atoms. The van der Waals surface area contributed by atoms with Crippen LogP contribution in [0.2, 0.25) is 0 Å². The number of hydrogen-bond acceptors (Lipinski definition) is 5. The molecule has 0 radical (unpaired) electrons. The number of ether oxygens (including phenoxy) is 3. The van der Waals surface area contributed by atoms with Gasteiger partial charge in [-0.05, 0) is 70.7 Å². The van der Waals surface area contributed by atoms with Crippen LogP contribution in [0, 0.1) is 0 Å². The highest BCUT2D eigenvalue weighted by molar-refractivity contribution is 7.80. The molecule has 0 unspecified atom stereocenters. The van der Waals surface area contributed by atoms with E-state index in [2.05, 4.69) is 12.6 Å². The van der Waals surface area contributed by atoms with E-state index in [1.807, 2.05) is 43.3 Å². The third-order valence-electron chi connectivity index (χ3n) is 4.80. The maximum atomic E-state index is 11.4. The second-order valence-corrected chi connectivity index (χ2v) is 6.94. The number of carboxylic acids is 1. The summed E-state index contributed by atoms with van der Waals surface area (Å²) in [6.07, 6.45) is 1.97. The first-order chi connectivity index (χ1) is 13.4. The smallest absolute Gasteiger partial charge is 0.307 e. The summed E-state index contributed by atoms with van der Waals surface area (Å²) in [5, 5.41) is 9.33. The number of allylic oxidation sites excluding steroid dienone is 2. The Labute approximate surface area is 169 Å². The van der Waals surface area contributed by atoms with Gasteiger partial charge in [0.2, 0.25) is 5.75 Å². The normalized spacial score (nSPS) is 14.2. The Bertz CT molecular complexity index is 979. The summed E-state index contributed by atoms with van der Waals surface area (Å²) in [6.45, 7) is 1.94. The van der Waals surface area contributed by atoms with Crippen molar-refractivity contribution in [1.82, 2.24) is 0 Å². The minimum absolute atomic E-state index is 0.0304. The predicted octanol–water partition coefficient (Wildman–Crippen LogP) is 4.80. The lowest BCUT2D eigenvalue weighted by Gasteiger charge is -2.13. The van der Waals surface area contributed by atoms with Crippen LogP contribution >= 0.6 is 12.6 Å². The summed E-state index contributed by atoms with van der Waals surface area (Å²) in [5.41, 5.74) is 5.46. The van der Waals surface area contributed by atoms with Crippen molar-refractivity contribution in [2.24, 2.45) is 0 Å². The largest absolute Gasteiger partial charge is 0.493 e. The Balaban J connectivity index is 2.20. The maximum absolute atomic E-state index is 11.4. The third-order valence-corrected chi connectivity index (χ3v) is 5.08. The van der Waals surface area contributed by atoms with Crippen molar-refractivity contribution < 1.29 is 24.1 Å². The molecule has 146 valence electrons. The van der Waals surface area contributed by atoms with Crippen LogP contribution in [0.3, 0.4) is 0 Å². The van der Waals surface area contributed by atoms with Crippen LogP contribution in [-0.2, 0) is 4.79 Å². The van der Waals surface area contributed by atoms with Gasteiger partial charge in [-0.15, -0.1) is 12.6 Å². The average Bonchev–Trinajstić information content (AvgIpc) is 2.91. The van der Waals surface area contributed by atoms with Gasteiger partial charge in [0.15, 0.2) is 11.5 Å². The molecule has 1 aliphatic rings. The van der Waals surface area contributed by atoms with Gasteiger partial charge in [0.05, 0.1) is 27.8 Å². The Hall–Kier alpha value is -2.86. The van der Waals surface area contributed by atoms with Gasteiger partial charge < -0.3 is 19.3 Å². The van der Waals surface area contributed by atoms with E-state index in [1.54, 1.807) is 21.3 Å². The standard InChI is InChI=1S/C22H22O5S/c1-12-16(7-13-8-19(25-2)22(27-4)20(9-13)26-3)18-10-14(28)5-6-15(18)17(12)11-21(23)24/h5-10,28H,11H2,1-4H3,(H,23,24). The van der Waals surface area contributed by atoms with Gasteiger partial charge in [0, 0.05) is 4.90 Å². The highest BCUT2D eigenvalue weighted by Gasteiger charge is 2.25. The molecule has 1 aliphatic carbocycles. The van der Waals surface area contributed by atoms with Crippen LogP contribution in [0.25, 0.3) is 17.2 Å². The van der Waals surface area contributed by atoms with E-state index in [9.17, 15) is 9.90 Å². The van der Waals surface area contributed by atoms with E-state index in [0.29, 0.717) is 17.2 Å². The van der Waals surface area contributed by atoms with Crippen LogP contribution in [0.5, 0.6) is 17.2 Å². The summed E-state index contributed by atoms with van der Waals surface area (Å²) in [7, 11) is 4.70. The van der Waals surface area contributed by atoms with Crippen molar-refractivity contribution >= 4 is 35.8 Å². The number of rotatable bonds is 6. The lowest BCUT2D eigenvalue weighted by atomic mass is 10.00. The quantitative estimate of drug-likeness (QED) is 0.684. The molecule has 0 bridgehead atoms. The molecule has 0 atom stereocenters. The number of carbonyl (C=O) groups is 1. The summed E-state index contributed by atoms with van der Waals surface area (Å²) in [4.78, 5) is 12.2. The van der Waals surface area contributed by atoms with Crippen LogP contribution in [0.1, 0.15) is 30.0 Å². The topological polar surface area (TPSA) is 65.0 Å². The fourth-order valence-corrected chi connectivity index (χ4v) is 3.70. The molecule has 0 fully saturated rings. The molecule has 6 heteroatoms. The second-order valence-electron chi connectivity index (χ2n) is 6.42. The molecule has 0 saturated heterocycles. The van der Waals surface area contributed by atoms with Crippen molar-refractivity contribution in [3.05, 3.63) is 52.6 Å². The molecule has 5 nitrogen and oxygen atoms in total. The van der Waals surface area contributed by atoms with Crippen molar-refractivity contribution in [1.29, 1.82) is 0 Å². The van der Waals surface area contributed by atoms with E-state index < -0.39 is 5.97 Å².